The molecule has 0 saturated heterocycles. The zero-order valence-electron chi connectivity index (χ0n) is 17.3. The Morgan fingerprint density at radius 1 is 1.10 bits per heavy atom. The van der Waals surface area contributed by atoms with Crippen molar-refractivity contribution in [1.29, 1.82) is 0 Å². The predicted octanol–water partition coefficient (Wildman–Crippen LogP) is 3.95. The minimum Gasteiger partial charge on any atom is -0.496 e. The van der Waals surface area contributed by atoms with E-state index in [1.54, 1.807) is 33.1 Å². The second kappa shape index (κ2) is 8.41. The number of sulfonamides is 1. The van der Waals surface area contributed by atoms with Crippen molar-refractivity contribution in [3.8, 4) is 17.0 Å². The minimum absolute atomic E-state index is 0.0000630. The highest BCUT2D eigenvalue weighted by molar-refractivity contribution is 7.89. The van der Waals surface area contributed by atoms with Gasteiger partial charge in [-0.2, -0.15) is 4.31 Å². The average molecular weight is 429 g/mol. The van der Waals surface area contributed by atoms with E-state index in [-0.39, 0.29) is 15.8 Å². The Balaban J connectivity index is 2.21. The zero-order valence-corrected chi connectivity index (χ0v) is 18.2. The smallest absolute Gasteiger partial charge is 0.336 e. The summed E-state index contributed by atoms with van der Waals surface area (Å²) < 4.78 is 32.3. The molecule has 1 N–H and O–H groups in total. The fraction of sp³-hybridized carbons (Fsp3) is 0.273. The number of carboxylic acid groups (broad SMARTS) is 1. The molecule has 0 aliphatic heterocycles. The quantitative estimate of drug-likeness (QED) is 0.612. The maximum Gasteiger partial charge on any atom is 0.336 e. The van der Waals surface area contributed by atoms with E-state index >= 15 is 0 Å². The lowest BCUT2D eigenvalue weighted by Gasteiger charge is -2.19. The molecule has 0 atom stereocenters. The first-order valence-corrected chi connectivity index (χ1v) is 11.0. The lowest BCUT2D eigenvalue weighted by molar-refractivity contribution is 0.0699. The molecule has 8 heteroatoms. The van der Waals surface area contributed by atoms with Gasteiger partial charge in [-0.3, -0.25) is 0 Å². The van der Waals surface area contributed by atoms with Crippen LogP contribution < -0.4 is 4.74 Å². The minimum atomic E-state index is -3.71. The van der Waals surface area contributed by atoms with Gasteiger partial charge in [-0.15, -0.1) is 0 Å². The van der Waals surface area contributed by atoms with Crippen LogP contribution in [0.15, 0.2) is 47.4 Å². The lowest BCUT2D eigenvalue weighted by Crippen LogP contribution is -2.30. The molecule has 30 heavy (non-hydrogen) atoms. The molecule has 0 aliphatic carbocycles. The molecular weight excluding hydrogens is 404 g/mol. The van der Waals surface area contributed by atoms with Crippen molar-refractivity contribution in [2.24, 2.45) is 0 Å². The van der Waals surface area contributed by atoms with E-state index in [4.69, 9.17) is 4.74 Å². The maximum atomic E-state index is 12.9. The highest BCUT2D eigenvalue weighted by atomic mass is 32.2. The summed E-state index contributed by atoms with van der Waals surface area (Å²) in [4.78, 5) is 16.6. The Morgan fingerprint density at radius 2 is 1.80 bits per heavy atom. The molecule has 1 heterocycles. The second-order valence-corrected chi connectivity index (χ2v) is 8.75. The topological polar surface area (TPSA) is 96.8 Å². The number of aromatic carboxylic acids is 1. The fourth-order valence-electron chi connectivity index (χ4n) is 3.44. The molecule has 2 aromatic carbocycles. The molecule has 0 aliphatic rings. The normalized spacial score (nSPS) is 11.8. The number of carboxylic acids is 1. The number of fused-ring (bicyclic) bond motifs is 1. The van der Waals surface area contributed by atoms with Crippen LogP contribution in [0.1, 0.15) is 29.8 Å². The van der Waals surface area contributed by atoms with Gasteiger partial charge in [0, 0.05) is 24.0 Å². The number of nitrogens with zero attached hydrogens (tertiary/aromatic N) is 2. The van der Waals surface area contributed by atoms with E-state index in [1.807, 2.05) is 19.1 Å². The number of hydrogen-bond acceptors (Lipinski definition) is 5. The monoisotopic (exact) mass is 428 g/mol. The van der Waals surface area contributed by atoms with Crippen LogP contribution in [-0.4, -0.2) is 49.0 Å². The van der Waals surface area contributed by atoms with Crippen molar-refractivity contribution in [3.05, 3.63) is 53.6 Å². The van der Waals surface area contributed by atoms with Gasteiger partial charge in [-0.25, -0.2) is 18.2 Å². The Hall–Kier alpha value is -2.97. The average Bonchev–Trinajstić information content (AvgIpc) is 2.73. The number of ether oxygens (including phenoxy) is 1. The van der Waals surface area contributed by atoms with Crippen molar-refractivity contribution >= 4 is 26.9 Å². The van der Waals surface area contributed by atoms with Gasteiger partial charge in [-0.1, -0.05) is 13.8 Å². The first-order chi connectivity index (χ1) is 14.2. The van der Waals surface area contributed by atoms with Crippen LogP contribution >= 0.6 is 0 Å². The summed E-state index contributed by atoms with van der Waals surface area (Å²) >= 11 is 0. The third kappa shape index (κ3) is 3.88. The van der Waals surface area contributed by atoms with E-state index < -0.39 is 16.0 Å². The zero-order chi connectivity index (χ0) is 22.1. The van der Waals surface area contributed by atoms with Crippen molar-refractivity contribution in [3.63, 3.8) is 0 Å². The summed E-state index contributed by atoms with van der Waals surface area (Å²) in [6, 6.07) is 11.4. The second-order valence-electron chi connectivity index (χ2n) is 6.81. The van der Waals surface area contributed by atoms with Gasteiger partial charge in [0.2, 0.25) is 10.0 Å². The molecule has 7 nitrogen and oxygen atoms in total. The number of aromatic nitrogens is 1. The third-order valence-corrected chi connectivity index (χ3v) is 7.09. The highest BCUT2D eigenvalue weighted by Crippen LogP contribution is 2.30. The van der Waals surface area contributed by atoms with E-state index in [9.17, 15) is 18.3 Å². The molecule has 0 bridgehead atoms. The van der Waals surface area contributed by atoms with Crippen LogP contribution in [0.4, 0.5) is 0 Å². The van der Waals surface area contributed by atoms with E-state index in [0.717, 1.165) is 16.9 Å². The van der Waals surface area contributed by atoms with Crippen molar-refractivity contribution < 1.29 is 23.1 Å². The molecule has 0 saturated carbocycles. The summed E-state index contributed by atoms with van der Waals surface area (Å²) in [6.45, 7) is 6.07. The van der Waals surface area contributed by atoms with Crippen molar-refractivity contribution in [2.75, 3.05) is 20.2 Å². The Kier molecular flexibility index (Phi) is 6.09. The molecule has 0 amide bonds. The van der Waals surface area contributed by atoms with Crippen LogP contribution in [0.2, 0.25) is 0 Å². The summed E-state index contributed by atoms with van der Waals surface area (Å²) in [5.74, 6) is -0.421. The molecule has 1 aromatic heterocycles. The van der Waals surface area contributed by atoms with Gasteiger partial charge in [0.25, 0.3) is 0 Å². The lowest BCUT2D eigenvalue weighted by atomic mass is 10.0. The van der Waals surface area contributed by atoms with Crippen LogP contribution in [0.3, 0.4) is 0 Å². The number of carbonyl (C=O) groups is 1. The molecule has 158 valence electrons. The van der Waals surface area contributed by atoms with Crippen LogP contribution in [0, 0.1) is 6.92 Å². The largest absolute Gasteiger partial charge is 0.496 e. The molecule has 3 aromatic rings. The predicted molar refractivity (Wildman–Crippen MR) is 116 cm³/mol. The molecule has 0 radical (unpaired) electrons. The summed E-state index contributed by atoms with van der Waals surface area (Å²) in [5.41, 5.74) is 2.55. The third-order valence-electron chi connectivity index (χ3n) is 5.04. The van der Waals surface area contributed by atoms with E-state index in [2.05, 4.69) is 4.98 Å². The molecule has 0 fully saturated rings. The van der Waals surface area contributed by atoms with E-state index in [1.165, 1.54) is 22.5 Å². The van der Waals surface area contributed by atoms with E-state index in [0.29, 0.717) is 24.3 Å². The maximum absolute atomic E-state index is 12.9. The number of aryl methyl sites for hydroxylation is 1. The van der Waals surface area contributed by atoms with Gasteiger partial charge >= 0.3 is 5.97 Å². The van der Waals surface area contributed by atoms with Crippen LogP contribution in [0.25, 0.3) is 22.2 Å². The van der Waals surface area contributed by atoms with Gasteiger partial charge in [0.15, 0.2) is 0 Å². The molecule has 3 rings (SSSR count). The Labute approximate surface area is 176 Å². The van der Waals surface area contributed by atoms with Crippen LogP contribution in [-0.2, 0) is 10.0 Å². The number of rotatable bonds is 7. The number of hydrogen-bond donors (Lipinski definition) is 1. The summed E-state index contributed by atoms with van der Waals surface area (Å²) in [7, 11) is -2.13. The fourth-order valence-corrected chi connectivity index (χ4v) is 4.93. The molecule has 0 unspecified atom stereocenters. The van der Waals surface area contributed by atoms with Gasteiger partial charge in [-0.05, 0) is 55.0 Å². The Bertz CT molecular complexity index is 1220. The van der Waals surface area contributed by atoms with Crippen LogP contribution in [0.5, 0.6) is 5.75 Å². The molecule has 0 spiro atoms. The highest BCUT2D eigenvalue weighted by Gasteiger charge is 2.23. The first kappa shape index (κ1) is 21.7. The summed E-state index contributed by atoms with van der Waals surface area (Å²) in [6.07, 6.45) is 0. The number of pyridine rings is 1. The number of benzene rings is 2. The SMILES string of the molecule is CCN(CC)S(=O)(=O)c1ccc2nc(-c3ccc(OC)c(C)c3)cc(C(=O)O)c2c1. The Morgan fingerprint density at radius 3 is 2.37 bits per heavy atom. The molecular formula is C22H24N2O5S. The van der Waals surface area contributed by atoms with Crippen molar-refractivity contribution in [1.82, 2.24) is 9.29 Å². The van der Waals surface area contributed by atoms with Gasteiger partial charge in [0.05, 0.1) is 28.8 Å². The summed E-state index contributed by atoms with van der Waals surface area (Å²) in [5, 5.41) is 10.1. The van der Waals surface area contributed by atoms with Gasteiger partial charge in [0.1, 0.15) is 5.75 Å². The van der Waals surface area contributed by atoms with Gasteiger partial charge < -0.3 is 9.84 Å². The van der Waals surface area contributed by atoms with Crippen molar-refractivity contribution in [2.45, 2.75) is 25.7 Å². The first-order valence-electron chi connectivity index (χ1n) is 9.56. The standard InChI is InChI=1S/C22H24N2O5S/c1-5-24(6-2)30(27,28)16-8-9-19-17(12-16)18(22(25)26)13-20(23-19)15-7-10-21(29-4)14(3)11-15/h7-13H,5-6H2,1-4H3,(H,25,26). The number of methoxy groups -OCH3 is 1.